The summed E-state index contributed by atoms with van der Waals surface area (Å²) in [6, 6.07) is 17.2. The van der Waals surface area contributed by atoms with Gasteiger partial charge in [-0.25, -0.2) is 9.97 Å². The first-order valence-electron chi connectivity index (χ1n) is 13.5. The molecule has 3 aromatic heterocycles. The van der Waals surface area contributed by atoms with Crippen LogP contribution in [0.15, 0.2) is 78.1 Å². The molecule has 10 heteroatoms. The predicted molar refractivity (Wildman–Crippen MR) is 160 cm³/mol. The number of aromatic amines is 2. The summed E-state index contributed by atoms with van der Waals surface area (Å²) in [5.74, 6) is 1.05. The first-order chi connectivity index (χ1) is 20.1. The number of hydrogen-bond acceptors (Lipinski definition) is 7. The van der Waals surface area contributed by atoms with Gasteiger partial charge in [-0.2, -0.15) is 5.10 Å². The highest BCUT2D eigenvalue weighted by molar-refractivity contribution is 7.98. The molecule has 3 N–H and O–H groups in total. The third kappa shape index (κ3) is 6.66. The number of ether oxygens (including phenoxy) is 1. The maximum Gasteiger partial charge on any atom is 0.255 e. The number of benzene rings is 2. The lowest BCUT2D eigenvalue weighted by Gasteiger charge is -2.16. The highest BCUT2D eigenvalue weighted by Crippen LogP contribution is 2.32. The van der Waals surface area contributed by atoms with E-state index in [0.29, 0.717) is 30.1 Å². The number of nitrogens with zero attached hydrogens (tertiary/aromatic N) is 3. The minimum Gasteiger partial charge on any atom is -0.480 e. The van der Waals surface area contributed by atoms with E-state index in [0.717, 1.165) is 51.9 Å². The smallest absolute Gasteiger partial charge is 0.255 e. The van der Waals surface area contributed by atoms with Gasteiger partial charge in [0.15, 0.2) is 5.78 Å². The van der Waals surface area contributed by atoms with Crippen LogP contribution in [0, 0.1) is 0 Å². The SMILES string of the molecule is COc1nc2ccccc2cc1-c1cnc([C@H](CCCCCC(=O)c2ccccc2SC)NC(=O)c2cn[nH]c2)[nH]1. The van der Waals surface area contributed by atoms with E-state index in [1.165, 1.54) is 6.20 Å². The Morgan fingerprint density at radius 1 is 1.05 bits per heavy atom. The van der Waals surface area contributed by atoms with Gasteiger partial charge in [0.1, 0.15) is 5.82 Å². The van der Waals surface area contributed by atoms with E-state index < -0.39 is 0 Å². The molecule has 1 atom stereocenters. The van der Waals surface area contributed by atoms with Gasteiger partial charge in [0.2, 0.25) is 5.88 Å². The van der Waals surface area contributed by atoms with Gasteiger partial charge < -0.3 is 15.0 Å². The molecular formula is C31H32N6O3S. The van der Waals surface area contributed by atoms with Gasteiger partial charge in [0.25, 0.3) is 5.91 Å². The molecule has 0 bridgehead atoms. The number of para-hydroxylation sites is 1. The average molecular weight is 569 g/mol. The lowest BCUT2D eigenvalue weighted by Crippen LogP contribution is -2.29. The number of rotatable bonds is 13. The number of amides is 1. The van der Waals surface area contributed by atoms with Crippen molar-refractivity contribution in [1.82, 2.24) is 30.5 Å². The molecule has 0 saturated heterocycles. The number of carbonyl (C=O) groups is 2. The van der Waals surface area contributed by atoms with Gasteiger partial charge in [-0.3, -0.25) is 14.7 Å². The molecule has 41 heavy (non-hydrogen) atoms. The Morgan fingerprint density at radius 2 is 1.88 bits per heavy atom. The first-order valence-corrected chi connectivity index (χ1v) is 14.7. The number of fused-ring (bicyclic) bond motifs is 1. The number of carbonyl (C=O) groups excluding carboxylic acids is 2. The number of thioether (sulfide) groups is 1. The predicted octanol–water partition coefficient (Wildman–Crippen LogP) is 6.38. The fourth-order valence-corrected chi connectivity index (χ4v) is 5.43. The van der Waals surface area contributed by atoms with Gasteiger partial charge in [0, 0.05) is 28.5 Å². The summed E-state index contributed by atoms with van der Waals surface area (Å²) in [7, 11) is 1.59. The second kappa shape index (κ2) is 13.3. The second-order valence-electron chi connectivity index (χ2n) is 9.66. The molecule has 0 fully saturated rings. The molecule has 5 rings (SSSR count). The summed E-state index contributed by atoms with van der Waals surface area (Å²) < 4.78 is 5.58. The van der Waals surface area contributed by atoms with Crippen LogP contribution in [0.3, 0.4) is 0 Å². The van der Waals surface area contributed by atoms with Gasteiger partial charge in [-0.15, -0.1) is 11.8 Å². The molecular weight excluding hydrogens is 536 g/mol. The van der Waals surface area contributed by atoms with Crippen molar-refractivity contribution < 1.29 is 14.3 Å². The van der Waals surface area contributed by atoms with Crippen LogP contribution in [0.1, 0.15) is 64.7 Å². The number of pyridine rings is 1. The summed E-state index contributed by atoms with van der Waals surface area (Å²) in [6.45, 7) is 0. The third-order valence-corrected chi connectivity index (χ3v) is 7.76. The van der Waals surface area contributed by atoms with Gasteiger partial charge in [0.05, 0.1) is 47.9 Å². The molecule has 0 aliphatic heterocycles. The molecule has 0 saturated carbocycles. The third-order valence-electron chi connectivity index (χ3n) is 6.97. The van der Waals surface area contributed by atoms with Crippen LogP contribution in [-0.4, -0.2) is 50.2 Å². The van der Waals surface area contributed by atoms with Crippen molar-refractivity contribution in [2.75, 3.05) is 13.4 Å². The number of Topliss-reactive ketones (excluding diaryl/α,β-unsaturated/α-hetero) is 1. The average Bonchev–Trinajstić information content (AvgIpc) is 3.73. The summed E-state index contributed by atoms with van der Waals surface area (Å²) in [6.07, 6.45) is 10.3. The van der Waals surface area contributed by atoms with E-state index in [-0.39, 0.29) is 17.7 Å². The number of imidazole rings is 1. The molecule has 0 spiro atoms. The number of hydrogen-bond donors (Lipinski definition) is 3. The molecule has 2 aromatic carbocycles. The van der Waals surface area contributed by atoms with Crippen LogP contribution in [0.2, 0.25) is 0 Å². The van der Waals surface area contributed by atoms with Crippen molar-refractivity contribution in [2.45, 2.75) is 43.0 Å². The van der Waals surface area contributed by atoms with Crippen LogP contribution < -0.4 is 10.1 Å². The maximum absolute atomic E-state index is 12.9. The van der Waals surface area contributed by atoms with Crippen molar-refractivity contribution in [2.24, 2.45) is 0 Å². The highest BCUT2D eigenvalue weighted by atomic mass is 32.2. The Hall–Kier alpha value is -4.44. The van der Waals surface area contributed by atoms with Gasteiger partial charge in [-0.05, 0) is 37.3 Å². The van der Waals surface area contributed by atoms with Crippen molar-refractivity contribution in [3.63, 3.8) is 0 Å². The summed E-state index contributed by atoms with van der Waals surface area (Å²) in [5.41, 5.74) is 3.60. The van der Waals surface area contributed by atoms with E-state index in [1.807, 2.05) is 60.9 Å². The fourth-order valence-electron chi connectivity index (χ4n) is 4.81. The topological polar surface area (TPSA) is 126 Å². The van der Waals surface area contributed by atoms with E-state index in [9.17, 15) is 9.59 Å². The van der Waals surface area contributed by atoms with Crippen LogP contribution >= 0.6 is 11.8 Å². The largest absolute Gasteiger partial charge is 0.480 e. The van der Waals surface area contributed by atoms with Crippen molar-refractivity contribution in [3.8, 4) is 17.1 Å². The van der Waals surface area contributed by atoms with Crippen LogP contribution in [-0.2, 0) is 0 Å². The maximum atomic E-state index is 12.9. The summed E-state index contributed by atoms with van der Waals surface area (Å²) >= 11 is 1.59. The molecule has 1 amide bonds. The van der Waals surface area contributed by atoms with Crippen LogP contribution in [0.25, 0.3) is 22.2 Å². The normalized spacial score (nSPS) is 11.9. The zero-order chi connectivity index (χ0) is 28.6. The molecule has 210 valence electrons. The first kappa shape index (κ1) is 28.1. The minimum atomic E-state index is -0.363. The van der Waals surface area contributed by atoms with E-state index in [1.54, 1.807) is 31.3 Å². The Kier molecular flexibility index (Phi) is 9.10. The Bertz CT molecular complexity index is 1630. The summed E-state index contributed by atoms with van der Waals surface area (Å²) in [4.78, 5) is 39.4. The number of H-pyrrole nitrogens is 2. The van der Waals surface area contributed by atoms with Crippen molar-refractivity contribution >= 4 is 34.4 Å². The number of methoxy groups -OCH3 is 1. The van der Waals surface area contributed by atoms with E-state index >= 15 is 0 Å². The van der Waals surface area contributed by atoms with Crippen LogP contribution in [0.5, 0.6) is 5.88 Å². The van der Waals surface area contributed by atoms with E-state index in [4.69, 9.17) is 4.74 Å². The molecule has 5 aromatic rings. The molecule has 0 aliphatic carbocycles. The Labute approximate surface area is 242 Å². The zero-order valence-electron chi connectivity index (χ0n) is 23.0. The molecule has 0 radical (unpaired) electrons. The lowest BCUT2D eigenvalue weighted by atomic mass is 10.0. The van der Waals surface area contributed by atoms with Crippen molar-refractivity contribution in [1.29, 1.82) is 0 Å². The van der Waals surface area contributed by atoms with Crippen LogP contribution in [0.4, 0.5) is 0 Å². The number of aromatic nitrogens is 5. The Morgan fingerprint density at radius 3 is 2.68 bits per heavy atom. The van der Waals surface area contributed by atoms with Gasteiger partial charge in [-0.1, -0.05) is 49.2 Å². The quantitative estimate of drug-likeness (QED) is 0.0854. The number of unbranched alkanes of at least 4 members (excludes halogenated alkanes) is 2. The number of ketones is 1. The fraction of sp³-hybridized carbons (Fsp3) is 0.258. The standard InChI is InChI=1S/C31H32N6O3S/c1-40-31-23(16-20-10-6-8-12-24(20)37-31)26-19-32-29(35-26)25(36-30(39)21-17-33-34-18-21)13-4-3-5-14-27(38)22-11-7-9-15-28(22)41-2/h6-12,15-19,25H,3-5,13-14H2,1-2H3,(H,32,35)(H,33,34)(H,36,39)/t25-/m0/s1. The number of nitrogens with one attached hydrogen (secondary N) is 3. The molecule has 0 unspecified atom stereocenters. The summed E-state index contributed by atoms with van der Waals surface area (Å²) in [5, 5.41) is 10.6. The lowest BCUT2D eigenvalue weighted by molar-refractivity contribution is 0.0932. The molecule has 9 nitrogen and oxygen atoms in total. The highest BCUT2D eigenvalue weighted by Gasteiger charge is 2.21. The Balaban J connectivity index is 1.29. The van der Waals surface area contributed by atoms with Gasteiger partial charge >= 0.3 is 0 Å². The monoisotopic (exact) mass is 568 g/mol. The van der Waals surface area contributed by atoms with E-state index in [2.05, 4.69) is 30.5 Å². The zero-order valence-corrected chi connectivity index (χ0v) is 23.8. The minimum absolute atomic E-state index is 0.161. The molecule has 0 aliphatic rings. The van der Waals surface area contributed by atoms with Crippen molar-refractivity contribution in [3.05, 3.63) is 90.1 Å². The molecule has 3 heterocycles. The second-order valence-corrected chi connectivity index (χ2v) is 10.5.